The Morgan fingerprint density at radius 1 is 1.55 bits per heavy atom. The van der Waals surface area contributed by atoms with Crippen molar-refractivity contribution in [2.75, 3.05) is 12.3 Å². The molecule has 0 aliphatic rings. The van der Waals surface area contributed by atoms with Gasteiger partial charge in [-0.25, -0.2) is 0 Å². The second-order valence-electron chi connectivity index (χ2n) is 3.70. The molecule has 0 unspecified atom stereocenters. The van der Waals surface area contributed by atoms with E-state index in [-0.39, 0.29) is 17.9 Å². The van der Waals surface area contributed by atoms with Gasteiger partial charge in [0.1, 0.15) is 16.9 Å². The SMILES string of the molecule is N#CSCCNC(=O)/C(Cc1ccc(O)c(Br)c1)=N\O. The summed E-state index contributed by atoms with van der Waals surface area (Å²) in [5.41, 5.74) is 0.675. The zero-order valence-electron chi connectivity index (χ0n) is 10.3. The number of nitrogens with one attached hydrogen (secondary N) is 1. The number of hydrogen-bond acceptors (Lipinski definition) is 6. The maximum absolute atomic E-state index is 11.7. The number of oxime groups is 1. The standard InChI is InChI=1S/C12H12BrN3O3S/c13-9-5-8(1-2-11(9)17)6-10(16-19)12(18)15-3-4-20-7-14/h1-2,5,17,19H,3-4,6H2,(H,15,18)/b16-10-. The van der Waals surface area contributed by atoms with Gasteiger partial charge < -0.3 is 15.6 Å². The molecule has 0 aliphatic carbocycles. The number of benzene rings is 1. The fraction of sp³-hybridized carbons (Fsp3) is 0.250. The molecule has 1 aromatic rings. The number of amides is 1. The summed E-state index contributed by atoms with van der Waals surface area (Å²) in [5.74, 6) is 0.0653. The Morgan fingerprint density at radius 3 is 2.90 bits per heavy atom. The minimum absolute atomic E-state index is 0.0375. The van der Waals surface area contributed by atoms with Gasteiger partial charge in [-0.2, -0.15) is 5.26 Å². The first-order valence-corrected chi connectivity index (χ1v) is 7.33. The molecule has 0 saturated heterocycles. The molecule has 0 aromatic heterocycles. The van der Waals surface area contributed by atoms with E-state index < -0.39 is 5.91 Å². The van der Waals surface area contributed by atoms with Crippen molar-refractivity contribution in [3.8, 4) is 11.2 Å². The van der Waals surface area contributed by atoms with Gasteiger partial charge in [-0.15, -0.1) is 0 Å². The van der Waals surface area contributed by atoms with Gasteiger partial charge in [0.15, 0.2) is 0 Å². The van der Waals surface area contributed by atoms with E-state index in [2.05, 4.69) is 26.4 Å². The van der Waals surface area contributed by atoms with E-state index in [0.717, 1.165) is 11.8 Å². The van der Waals surface area contributed by atoms with E-state index in [9.17, 15) is 9.90 Å². The molecule has 1 rings (SSSR count). The van der Waals surface area contributed by atoms with Crippen LogP contribution in [0.15, 0.2) is 27.8 Å². The van der Waals surface area contributed by atoms with Crippen LogP contribution in [0.5, 0.6) is 5.75 Å². The number of hydrogen-bond donors (Lipinski definition) is 3. The summed E-state index contributed by atoms with van der Waals surface area (Å²) in [6.45, 7) is 0.315. The molecule has 3 N–H and O–H groups in total. The molecule has 1 aromatic carbocycles. The Kier molecular flexibility index (Phi) is 6.90. The highest BCUT2D eigenvalue weighted by atomic mass is 79.9. The Morgan fingerprint density at radius 2 is 2.30 bits per heavy atom. The fourth-order valence-electron chi connectivity index (χ4n) is 1.38. The number of phenols is 1. The van der Waals surface area contributed by atoms with Crippen molar-refractivity contribution in [1.29, 1.82) is 5.26 Å². The van der Waals surface area contributed by atoms with E-state index in [1.807, 2.05) is 5.40 Å². The molecule has 0 heterocycles. The van der Waals surface area contributed by atoms with Gasteiger partial charge in [0.25, 0.3) is 5.91 Å². The number of nitrogens with zero attached hydrogens (tertiary/aromatic N) is 2. The van der Waals surface area contributed by atoms with E-state index in [1.165, 1.54) is 6.07 Å². The summed E-state index contributed by atoms with van der Waals surface area (Å²) in [6.07, 6.45) is 0.132. The molecule has 0 saturated carbocycles. The maximum Gasteiger partial charge on any atom is 0.269 e. The first-order chi connectivity index (χ1) is 9.58. The molecule has 0 spiro atoms. The van der Waals surface area contributed by atoms with Crippen molar-refractivity contribution in [1.82, 2.24) is 5.32 Å². The predicted molar refractivity (Wildman–Crippen MR) is 79.8 cm³/mol. The molecule has 0 atom stereocenters. The number of phenolic OH excluding ortho intramolecular Hbond substituents is 1. The van der Waals surface area contributed by atoms with Gasteiger partial charge >= 0.3 is 0 Å². The summed E-state index contributed by atoms with van der Waals surface area (Å²) in [5, 5.41) is 34.0. The molecule has 0 radical (unpaired) electrons. The molecule has 0 bridgehead atoms. The van der Waals surface area contributed by atoms with Crippen molar-refractivity contribution in [2.24, 2.45) is 5.16 Å². The van der Waals surface area contributed by atoms with Crippen LogP contribution >= 0.6 is 27.7 Å². The molecule has 0 aliphatic heterocycles. The van der Waals surface area contributed by atoms with Gasteiger partial charge in [-0.3, -0.25) is 4.79 Å². The van der Waals surface area contributed by atoms with E-state index in [4.69, 9.17) is 10.5 Å². The number of rotatable bonds is 6. The van der Waals surface area contributed by atoms with Crippen LogP contribution in [0, 0.1) is 10.7 Å². The van der Waals surface area contributed by atoms with Crippen molar-refractivity contribution >= 4 is 39.3 Å². The number of thiocyanates is 1. The molecule has 8 heteroatoms. The summed E-state index contributed by atoms with van der Waals surface area (Å²) in [7, 11) is 0. The third-order valence-corrected chi connectivity index (χ3v) is 3.49. The normalized spacial score (nSPS) is 10.9. The Hall–Kier alpha value is -1.72. The van der Waals surface area contributed by atoms with E-state index in [0.29, 0.717) is 22.3 Å². The van der Waals surface area contributed by atoms with Gasteiger partial charge in [0.2, 0.25) is 0 Å². The monoisotopic (exact) mass is 357 g/mol. The lowest BCUT2D eigenvalue weighted by Crippen LogP contribution is -2.33. The Balaban J connectivity index is 2.61. The average molecular weight is 358 g/mol. The lowest BCUT2D eigenvalue weighted by Gasteiger charge is -2.06. The van der Waals surface area contributed by atoms with Crippen molar-refractivity contribution < 1.29 is 15.1 Å². The van der Waals surface area contributed by atoms with Crippen LogP contribution in [0.3, 0.4) is 0 Å². The number of halogens is 1. The molecular weight excluding hydrogens is 346 g/mol. The van der Waals surface area contributed by atoms with Gasteiger partial charge in [0, 0.05) is 18.7 Å². The molecular formula is C12H12BrN3O3S. The van der Waals surface area contributed by atoms with Crippen LogP contribution in [0.4, 0.5) is 0 Å². The first kappa shape index (κ1) is 16.3. The summed E-state index contributed by atoms with van der Waals surface area (Å²) < 4.78 is 0.498. The van der Waals surface area contributed by atoms with E-state index >= 15 is 0 Å². The predicted octanol–water partition coefficient (Wildman–Crippen LogP) is 1.86. The number of carbonyl (C=O) groups excluding carboxylic acids is 1. The number of thioether (sulfide) groups is 1. The summed E-state index contributed by atoms with van der Waals surface area (Å²) in [6, 6.07) is 4.75. The minimum Gasteiger partial charge on any atom is -0.507 e. The Labute approximate surface area is 128 Å². The largest absolute Gasteiger partial charge is 0.507 e. The highest BCUT2D eigenvalue weighted by Crippen LogP contribution is 2.24. The van der Waals surface area contributed by atoms with Crippen LogP contribution in [0.2, 0.25) is 0 Å². The lowest BCUT2D eigenvalue weighted by atomic mass is 10.1. The van der Waals surface area contributed by atoms with Crippen LogP contribution < -0.4 is 5.32 Å². The molecule has 20 heavy (non-hydrogen) atoms. The van der Waals surface area contributed by atoms with Crippen LogP contribution in [-0.2, 0) is 11.2 Å². The number of nitriles is 1. The maximum atomic E-state index is 11.7. The zero-order valence-corrected chi connectivity index (χ0v) is 12.7. The molecule has 106 valence electrons. The molecule has 1 amide bonds. The molecule has 6 nitrogen and oxygen atoms in total. The third kappa shape index (κ3) is 5.11. The van der Waals surface area contributed by atoms with E-state index in [1.54, 1.807) is 12.1 Å². The van der Waals surface area contributed by atoms with Crippen LogP contribution in [-0.4, -0.2) is 34.2 Å². The second-order valence-corrected chi connectivity index (χ2v) is 5.44. The number of aromatic hydroxyl groups is 1. The first-order valence-electron chi connectivity index (χ1n) is 5.56. The lowest BCUT2D eigenvalue weighted by molar-refractivity contribution is -0.114. The summed E-state index contributed by atoms with van der Waals surface area (Å²) >= 11 is 4.20. The van der Waals surface area contributed by atoms with Crippen LogP contribution in [0.1, 0.15) is 5.56 Å². The van der Waals surface area contributed by atoms with Gasteiger partial charge in [0.05, 0.1) is 4.47 Å². The summed E-state index contributed by atoms with van der Waals surface area (Å²) in [4.78, 5) is 11.7. The van der Waals surface area contributed by atoms with Crippen molar-refractivity contribution in [2.45, 2.75) is 6.42 Å². The highest BCUT2D eigenvalue weighted by molar-refractivity contribution is 9.10. The third-order valence-electron chi connectivity index (χ3n) is 2.32. The Bertz CT molecular complexity index is 557. The number of carbonyl (C=O) groups is 1. The zero-order chi connectivity index (χ0) is 15.0. The fourth-order valence-corrected chi connectivity index (χ4v) is 2.10. The smallest absolute Gasteiger partial charge is 0.269 e. The van der Waals surface area contributed by atoms with Crippen LogP contribution in [0.25, 0.3) is 0 Å². The topological polar surface area (TPSA) is 106 Å². The van der Waals surface area contributed by atoms with Gasteiger partial charge in [-0.05, 0) is 45.4 Å². The van der Waals surface area contributed by atoms with Crippen molar-refractivity contribution in [3.05, 3.63) is 28.2 Å². The second kappa shape index (κ2) is 8.45. The quantitative estimate of drug-likeness (QED) is 0.237. The van der Waals surface area contributed by atoms with Crippen molar-refractivity contribution in [3.63, 3.8) is 0 Å². The highest BCUT2D eigenvalue weighted by Gasteiger charge is 2.13. The minimum atomic E-state index is -0.491. The van der Waals surface area contributed by atoms with Gasteiger partial charge in [-0.1, -0.05) is 11.2 Å². The average Bonchev–Trinajstić information content (AvgIpc) is 2.44. The molecule has 0 fully saturated rings.